The van der Waals surface area contributed by atoms with Crippen LogP contribution in [0.5, 0.6) is 11.5 Å². The van der Waals surface area contributed by atoms with Crippen LogP contribution < -0.4 is 9.47 Å². The summed E-state index contributed by atoms with van der Waals surface area (Å²) in [6.07, 6.45) is 9.34. The normalized spacial score (nSPS) is 14.8. The minimum absolute atomic E-state index is 0.891. The Morgan fingerprint density at radius 2 is 1.39 bits per heavy atom. The van der Waals surface area contributed by atoms with E-state index in [4.69, 9.17) is 9.47 Å². The quantitative estimate of drug-likeness (QED) is 0.356. The number of piperidine rings is 1. The summed E-state index contributed by atoms with van der Waals surface area (Å²) in [6, 6.07) is 17.1. The van der Waals surface area contributed by atoms with Gasteiger partial charge < -0.3 is 18.9 Å². The highest BCUT2D eigenvalue weighted by molar-refractivity contribution is 5.88. The molecule has 31 heavy (non-hydrogen) atoms. The van der Waals surface area contributed by atoms with Crippen molar-refractivity contribution in [1.29, 1.82) is 0 Å². The van der Waals surface area contributed by atoms with Gasteiger partial charge in [-0.15, -0.1) is 0 Å². The van der Waals surface area contributed by atoms with Crippen LogP contribution in [0.1, 0.15) is 44.9 Å². The zero-order chi connectivity index (χ0) is 21.5. The maximum atomic E-state index is 5.45. The largest absolute Gasteiger partial charge is 0.497 e. The lowest BCUT2D eigenvalue weighted by atomic mass is 10.1. The number of aromatic nitrogens is 1. The van der Waals surface area contributed by atoms with Gasteiger partial charge in [-0.25, -0.2) is 0 Å². The summed E-state index contributed by atoms with van der Waals surface area (Å²) in [6.45, 7) is 4.94. The number of aryl methyl sites for hydroxylation is 1. The molecule has 0 radical (unpaired) electrons. The standard InChI is InChI=1S/C27H36N2O2/c1-30-24-12-10-22(11-13-24)27-21-23-20-25(31-2)14-15-26(23)29(27)19-9-4-3-6-16-28-17-7-5-8-18-28/h10-15,20-21H,3-9,16-19H2,1-2H3. The Morgan fingerprint density at radius 1 is 0.710 bits per heavy atom. The molecule has 0 unspecified atom stereocenters. The topological polar surface area (TPSA) is 26.6 Å². The summed E-state index contributed by atoms with van der Waals surface area (Å²) in [7, 11) is 3.44. The van der Waals surface area contributed by atoms with E-state index in [1.54, 1.807) is 14.2 Å². The van der Waals surface area contributed by atoms with Crippen LogP contribution in [0.25, 0.3) is 22.2 Å². The molecule has 0 atom stereocenters. The Morgan fingerprint density at radius 3 is 2.10 bits per heavy atom. The van der Waals surface area contributed by atoms with Gasteiger partial charge in [0.05, 0.1) is 14.2 Å². The van der Waals surface area contributed by atoms with Crippen molar-refractivity contribution in [2.24, 2.45) is 0 Å². The van der Waals surface area contributed by atoms with Crippen LogP contribution in [0.3, 0.4) is 0 Å². The lowest BCUT2D eigenvalue weighted by molar-refractivity contribution is 0.224. The second kappa shape index (κ2) is 10.7. The Labute approximate surface area is 186 Å². The molecule has 4 nitrogen and oxygen atoms in total. The van der Waals surface area contributed by atoms with Crippen LogP contribution in [-0.4, -0.2) is 43.3 Å². The van der Waals surface area contributed by atoms with E-state index in [9.17, 15) is 0 Å². The monoisotopic (exact) mass is 420 g/mol. The molecule has 1 saturated heterocycles. The molecule has 166 valence electrons. The first-order chi connectivity index (χ1) is 15.3. The van der Waals surface area contributed by atoms with Crippen molar-refractivity contribution in [3.05, 3.63) is 48.5 Å². The molecule has 0 bridgehead atoms. The second-order valence-corrected chi connectivity index (χ2v) is 8.65. The zero-order valence-corrected chi connectivity index (χ0v) is 19.1. The second-order valence-electron chi connectivity index (χ2n) is 8.65. The summed E-state index contributed by atoms with van der Waals surface area (Å²) in [5, 5.41) is 1.23. The summed E-state index contributed by atoms with van der Waals surface area (Å²) >= 11 is 0. The lowest BCUT2D eigenvalue weighted by Gasteiger charge is -2.26. The van der Waals surface area contributed by atoms with E-state index in [1.165, 1.54) is 86.7 Å². The van der Waals surface area contributed by atoms with Gasteiger partial charge in [-0.05, 0) is 99.4 Å². The van der Waals surface area contributed by atoms with E-state index in [-0.39, 0.29) is 0 Å². The van der Waals surface area contributed by atoms with Crippen molar-refractivity contribution in [3.63, 3.8) is 0 Å². The molecule has 1 aliphatic heterocycles. The summed E-state index contributed by atoms with van der Waals surface area (Å²) < 4.78 is 13.3. The number of rotatable bonds is 10. The zero-order valence-electron chi connectivity index (χ0n) is 19.1. The van der Waals surface area contributed by atoms with Crippen LogP contribution >= 0.6 is 0 Å². The molecular weight excluding hydrogens is 384 g/mol. The summed E-state index contributed by atoms with van der Waals surface area (Å²) in [4.78, 5) is 2.65. The van der Waals surface area contributed by atoms with Crippen molar-refractivity contribution < 1.29 is 9.47 Å². The van der Waals surface area contributed by atoms with Crippen LogP contribution in [0.4, 0.5) is 0 Å². The van der Waals surface area contributed by atoms with Crippen LogP contribution in [0.15, 0.2) is 48.5 Å². The van der Waals surface area contributed by atoms with E-state index in [2.05, 4.69) is 45.9 Å². The van der Waals surface area contributed by atoms with E-state index < -0.39 is 0 Å². The molecule has 0 N–H and O–H groups in total. The number of fused-ring (bicyclic) bond motifs is 1. The van der Waals surface area contributed by atoms with Crippen molar-refractivity contribution in [2.45, 2.75) is 51.5 Å². The molecule has 0 amide bonds. The van der Waals surface area contributed by atoms with Gasteiger partial charge in [0.2, 0.25) is 0 Å². The number of nitrogens with zero attached hydrogens (tertiary/aromatic N) is 2. The first kappa shape index (κ1) is 21.8. The molecule has 2 aromatic carbocycles. The van der Waals surface area contributed by atoms with Crippen LogP contribution in [0.2, 0.25) is 0 Å². The maximum absolute atomic E-state index is 5.45. The lowest BCUT2D eigenvalue weighted by Crippen LogP contribution is -2.30. The first-order valence-corrected chi connectivity index (χ1v) is 11.8. The van der Waals surface area contributed by atoms with Gasteiger partial charge in [-0.3, -0.25) is 0 Å². The maximum Gasteiger partial charge on any atom is 0.119 e. The van der Waals surface area contributed by atoms with E-state index in [1.807, 2.05) is 12.1 Å². The molecule has 3 aromatic rings. The number of ether oxygens (including phenoxy) is 2. The van der Waals surface area contributed by atoms with Gasteiger partial charge in [-0.2, -0.15) is 0 Å². The van der Waals surface area contributed by atoms with E-state index in [0.717, 1.165) is 18.0 Å². The number of hydrogen-bond donors (Lipinski definition) is 0. The molecule has 4 heteroatoms. The smallest absolute Gasteiger partial charge is 0.119 e. The predicted molar refractivity (Wildman–Crippen MR) is 129 cm³/mol. The van der Waals surface area contributed by atoms with Gasteiger partial charge in [0.1, 0.15) is 11.5 Å². The third kappa shape index (κ3) is 5.43. The highest BCUT2D eigenvalue weighted by Gasteiger charge is 2.12. The van der Waals surface area contributed by atoms with Crippen molar-refractivity contribution >= 4 is 10.9 Å². The van der Waals surface area contributed by atoms with Crippen molar-refractivity contribution in [3.8, 4) is 22.8 Å². The Kier molecular flexibility index (Phi) is 7.52. The fraction of sp³-hybridized carbons (Fsp3) is 0.481. The molecule has 4 rings (SSSR count). The summed E-state index contributed by atoms with van der Waals surface area (Å²) in [5.41, 5.74) is 3.76. The molecule has 2 heterocycles. The first-order valence-electron chi connectivity index (χ1n) is 11.8. The molecule has 0 spiro atoms. The molecule has 0 aliphatic carbocycles. The fourth-order valence-corrected chi connectivity index (χ4v) is 4.76. The number of methoxy groups -OCH3 is 2. The molecule has 0 saturated carbocycles. The minimum atomic E-state index is 0.891. The Hall–Kier alpha value is -2.46. The Bertz CT molecular complexity index is 955. The molecular formula is C27H36N2O2. The van der Waals surface area contributed by atoms with Gasteiger partial charge in [0, 0.05) is 23.1 Å². The summed E-state index contributed by atoms with van der Waals surface area (Å²) in [5.74, 6) is 1.80. The highest BCUT2D eigenvalue weighted by Crippen LogP contribution is 2.32. The van der Waals surface area contributed by atoms with Gasteiger partial charge in [0.15, 0.2) is 0 Å². The third-order valence-corrected chi connectivity index (χ3v) is 6.55. The van der Waals surface area contributed by atoms with E-state index in [0.29, 0.717) is 0 Å². The number of hydrogen-bond acceptors (Lipinski definition) is 3. The number of unbranched alkanes of at least 4 members (excludes halogenated alkanes) is 3. The van der Waals surface area contributed by atoms with Crippen molar-refractivity contribution in [2.75, 3.05) is 33.9 Å². The third-order valence-electron chi connectivity index (χ3n) is 6.55. The minimum Gasteiger partial charge on any atom is -0.497 e. The number of likely N-dealkylation sites (tertiary alicyclic amines) is 1. The predicted octanol–water partition coefficient (Wildman–Crippen LogP) is 6.37. The SMILES string of the molecule is COc1ccc(-c2cc3cc(OC)ccc3n2CCCCCCN2CCCCC2)cc1. The molecule has 1 fully saturated rings. The average molecular weight is 421 g/mol. The van der Waals surface area contributed by atoms with Gasteiger partial charge >= 0.3 is 0 Å². The van der Waals surface area contributed by atoms with Gasteiger partial charge in [0.25, 0.3) is 0 Å². The fourth-order valence-electron chi connectivity index (χ4n) is 4.76. The van der Waals surface area contributed by atoms with Crippen LogP contribution in [-0.2, 0) is 6.54 Å². The van der Waals surface area contributed by atoms with Gasteiger partial charge in [-0.1, -0.05) is 19.3 Å². The Balaban J connectivity index is 1.43. The van der Waals surface area contributed by atoms with E-state index >= 15 is 0 Å². The number of benzene rings is 2. The van der Waals surface area contributed by atoms with Crippen LogP contribution in [0, 0.1) is 0 Å². The molecule has 1 aliphatic rings. The highest BCUT2D eigenvalue weighted by atomic mass is 16.5. The molecule has 1 aromatic heterocycles. The average Bonchev–Trinajstić information content (AvgIpc) is 3.19. The van der Waals surface area contributed by atoms with Crippen molar-refractivity contribution in [1.82, 2.24) is 9.47 Å².